The Hall–Kier alpha value is -7.39. The summed E-state index contributed by atoms with van der Waals surface area (Å²) >= 11 is 0. The summed E-state index contributed by atoms with van der Waals surface area (Å²) < 4.78 is 4.51. The smallest absolute Gasteiger partial charge is 0.0998 e. The first kappa shape index (κ1) is 28.8. The van der Waals surface area contributed by atoms with Gasteiger partial charge in [-0.1, -0.05) is 78.9 Å². The van der Waals surface area contributed by atoms with Gasteiger partial charge in [0.15, 0.2) is 0 Å². The summed E-state index contributed by atoms with van der Waals surface area (Å²) in [6, 6.07) is 57.8. The number of aromatic nitrogens is 2. The maximum atomic E-state index is 10.2. The monoisotopic (exact) mass is 635 g/mol. The molecule has 0 saturated carbocycles. The average Bonchev–Trinajstić information content (AvgIpc) is 3.69. The quantitative estimate of drug-likeness (QED) is 0.193. The molecule has 0 amide bonds. The summed E-state index contributed by atoms with van der Waals surface area (Å²) in [4.78, 5) is 0. The molecule has 0 aliphatic rings. The molecule has 0 saturated heterocycles. The van der Waals surface area contributed by atoms with Gasteiger partial charge in [0.2, 0.25) is 0 Å². The molecule has 5 heteroatoms. The third-order valence-electron chi connectivity index (χ3n) is 9.64. The molecule has 2 aromatic heterocycles. The Morgan fingerprint density at radius 3 is 1.58 bits per heavy atom. The number of hydrogen-bond acceptors (Lipinski definition) is 3. The number of rotatable bonds is 4. The molecule has 0 atom stereocenters. The molecule has 50 heavy (non-hydrogen) atoms. The molecule has 5 nitrogen and oxygen atoms in total. The third kappa shape index (κ3) is 4.31. The standard InChI is InChI=1S/C45H25N5/c46-26-29-16-22-42-38(24-29)35-10-3-5-13-40(35)49(42)33-20-18-31(19-21-33)45-37(34-9-2-1-8-32(34)28-48)12-7-15-44(45)50-41-14-6-4-11-36(41)39-25-30(27-47)17-23-43(39)50/h1-25H. The summed E-state index contributed by atoms with van der Waals surface area (Å²) in [5.74, 6) is 0. The fourth-order valence-electron chi connectivity index (χ4n) is 7.47. The van der Waals surface area contributed by atoms with Crippen molar-refractivity contribution in [3.05, 3.63) is 168 Å². The number of hydrogen-bond donors (Lipinski definition) is 0. The van der Waals surface area contributed by atoms with Gasteiger partial charge in [-0.15, -0.1) is 0 Å². The Kier molecular flexibility index (Phi) is 6.56. The Balaban J connectivity index is 1.32. The zero-order chi connectivity index (χ0) is 33.8. The zero-order valence-corrected chi connectivity index (χ0v) is 26.7. The van der Waals surface area contributed by atoms with Crippen LogP contribution < -0.4 is 0 Å². The van der Waals surface area contributed by atoms with E-state index >= 15 is 0 Å². The highest BCUT2D eigenvalue weighted by atomic mass is 15.0. The van der Waals surface area contributed by atoms with E-state index in [2.05, 4.69) is 94.1 Å². The summed E-state index contributed by atoms with van der Waals surface area (Å²) in [7, 11) is 0. The molecule has 7 aromatic carbocycles. The van der Waals surface area contributed by atoms with Crippen LogP contribution in [0.25, 0.3) is 77.2 Å². The van der Waals surface area contributed by atoms with Crippen molar-refractivity contribution in [1.29, 1.82) is 15.8 Å². The van der Waals surface area contributed by atoms with Gasteiger partial charge in [0.25, 0.3) is 0 Å². The predicted octanol–water partition coefficient (Wildman–Crippen LogP) is 10.8. The molecule has 0 radical (unpaired) electrons. The van der Waals surface area contributed by atoms with Crippen molar-refractivity contribution in [2.45, 2.75) is 0 Å². The van der Waals surface area contributed by atoms with Crippen LogP contribution in [0.15, 0.2) is 152 Å². The van der Waals surface area contributed by atoms with E-state index in [0.29, 0.717) is 16.7 Å². The average molecular weight is 636 g/mol. The number of fused-ring (bicyclic) bond motifs is 6. The van der Waals surface area contributed by atoms with Crippen molar-refractivity contribution < 1.29 is 0 Å². The van der Waals surface area contributed by atoms with E-state index in [9.17, 15) is 15.8 Å². The maximum Gasteiger partial charge on any atom is 0.0998 e. The van der Waals surface area contributed by atoms with Gasteiger partial charge in [0.05, 0.1) is 62.7 Å². The normalized spacial score (nSPS) is 11.1. The SMILES string of the molecule is N#Cc1ccc2c(c1)c1ccccc1n2-c1ccc(-c2c(-c3ccccc3C#N)cccc2-n2c3ccccc3c3cc(C#N)ccc32)cc1. The number of para-hydroxylation sites is 2. The topological polar surface area (TPSA) is 81.2 Å². The van der Waals surface area contributed by atoms with Crippen molar-refractivity contribution in [1.82, 2.24) is 9.13 Å². The van der Waals surface area contributed by atoms with Gasteiger partial charge in [-0.2, -0.15) is 15.8 Å². The molecule has 0 bridgehead atoms. The van der Waals surface area contributed by atoms with Gasteiger partial charge >= 0.3 is 0 Å². The molecule has 2 heterocycles. The summed E-state index contributed by atoms with van der Waals surface area (Å²) in [5, 5.41) is 33.7. The van der Waals surface area contributed by atoms with E-state index in [1.807, 2.05) is 84.9 Å². The molecule has 0 aliphatic carbocycles. The highest BCUT2D eigenvalue weighted by Gasteiger charge is 2.21. The lowest BCUT2D eigenvalue weighted by Crippen LogP contribution is -2.00. The summed E-state index contributed by atoms with van der Waals surface area (Å²) in [5.41, 5.74) is 11.8. The van der Waals surface area contributed by atoms with Gasteiger partial charge in [-0.05, 0) is 83.9 Å². The van der Waals surface area contributed by atoms with Crippen LogP contribution in [0, 0.1) is 34.0 Å². The first-order valence-corrected chi connectivity index (χ1v) is 16.3. The van der Waals surface area contributed by atoms with Crippen LogP contribution in [0.2, 0.25) is 0 Å². The fraction of sp³-hybridized carbons (Fsp3) is 0. The highest BCUT2D eigenvalue weighted by Crippen LogP contribution is 2.42. The lowest BCUT2D eigenvalue weighted by Gasteiger charge is -2.19. The van der Waals surface area contributed by atoms with Crippen molar-refractivity contribution in [3.63, 3.8) is 0 Å². The minimum absolute atomic E-state index is 0.602. The number of nitriles is 3. The molecule has 0 aliphatic heterocycles. The van der Waals surface area contributed by atoms with Crippen molar-refractivity contribution in [3.8, 4) is 51.8 Å². The van der Waals surface area contributed by atoms with Crippen LogP contribution in [0.4, 0.5) is 0 Å². The largest absolute Gasteiger partial charge is 0.309 e. The fourth-order valence-corrected chi connectivity index (χ4v) is 7.47. The molecule has 0 N–H and O–H groups in total. The van der Waals surface area contributed by atoms with Crippen molar-refractivity contribution >= 4 is 43.6 Å². The van der Waals surface area contributed by atoms with Gasteiger partial charge < -0.3 is 9.13 Å². The molecule has 230 valence electrons. The van der Waals surface area contributed by atoms with Gasteiger partial charge in [-0.25, -0.2) is 0 Å². The second kappa shape index (κ2) is 11.4. The van der Waals surface area contributed by atoms with E-state index < -0.39 is 0 Å². The third-order valence-corrected chi connectivity index (χ3v) is 9.64. The number of nitrogens with zero attached hydrogens (tertiary/aromatic N) is 5. The molecule has 9 aromatic rings. The molecule has 0 unspecified atom stereocenters. The minimum Gasteiger partial charge on any atom is -0.309 e. The molecule has 0 spiro atoms. The van der Waals surface area contributed by atoms with Gasteiger partial charge in [-0.3, -0.25) is 0 Å². The Morgan fingerprint density at radius 2 is 0.940 bits per heavy atom. The Bertz CT molecular complexity index is 2960. The second-order valence-electron chi connectivity index (χ2n) is 12.3. The van der Waals surface area contributed by atoms with E-state index in [1.54, 1.807) is 0 Å². The number of benzene rings is 7. The summed E-state index contributed by atoms with van der Waals surface area (Å²) in [6.45, 7) is 0. The molecular weight excluding hydrogens is 611 g/mol. The van der Waals surface area contributed by atoms with Crippen LogP contribution in [0.1, 0.15) is 16.7 Å². The second-order valence-corrected chi connectivity index (χ2v) is 12.3. The minimum atomic E-state index is 0.602. The molecular formula is C45H25N5. The van der Waals surface area contributed by atoms with E-state index in [4.69, 9.17) is 0 Å². The van der Waals surface area contributed by atoms with Crippen LogP contribution in [0.5, 0.6) is 0 Å². The highest BCUT2D eigenvalue weighted by molar-refractivity contribution is 6.11. The van der Waals surface area contributed by atoms with E-state index in [0.717, 1.165) is 77.2 Å². The first-order chi connectivity index (χ1) is 24.7. The Morgan fingerprint density at radius 1 is 0.400 bits per heavy atom. The predicted molar refractivity (Wildman–Crippen MR) is 200 cm³/mol. The van der Waals surface area contributed by atoms with Crippen LogP contribution >= 0.6 is 0 Å². The summed E-state index contributed by atoms with van der Waals surface area (Å²) in [6.07, 6.45) is 0. The lowest BCUT2D eigenvalue weighted by molar-refractivity contribution is 1.17. The lowest BCUT2D eigenvalue weighted by atomic mass is 9.90. The first-order valence-electron chi connectivity index (χ1n) is 16.3. The van der Waals surface area contributed by atoms with Crippen molar-refractivity contribution in [2.24, 2.45) is 0 Å². The van der Waals surface area contributed by atoms with E-state index in [-0.39, 0.29) is 0 Å². The van der Waals surface area contributed by atoms with Crippen LogP contribution in [0.3, 0.4) is 0 Å². The van der Waals surface area contributed by atoms with Crippen molar-refractivity contribution in [2.75, 3.05) is 0 Å². The van der Waals surface area contributed by atoms with Gasteiger partial charge in [0, 0.05) is 38.4 Å². The maximum absolute atomic E-state index is 10.2. The zero-order valence-electron chi connectivity index (χ0n) is 26.7. The Labute approximate surface area is 287 Å². The molecule has 9 rings (SSSR count). The molecule has 0 fully saturated rings. The van der Waals surface area contributed by atoms with Crippen LogP contribution in [-0.4, -0.2) is 9.13 Å². The van der Waals surface area contributed by atoms with Gasteiger partial charge in [0.1, 0.15) is 0 Å². The van der Waals surface area contributed by atoms with E-state index in [1.165, 1.54) is 0 Å². The van der Waals surface area contributed by atoms with Crippen LogP contribution in [-0.2, 0) is 0 Å².